The van der Waals surface area contributed by atoms with Crippen LogP contribution in [0.1, 0.15) is 30.1 Å². The van der Waals surface area contributed by atoms with Gasteiger partial charge in [-0.25, -0.2) is 13.1 Å². The summed E-state index contributed by atoms with van der Waals surface area (Å²) in [5.74, 6) is 0. The molecule has 0 aliphatic heterocycles. The number of aliphatic hydroxyl groups excluding tert-OH is 1. The topological polar surface area (TPSA) is 78.4 Å². The van der Waals surface area contributed by atoms with Crippen molar-refractivity contribution in [2.24, 2.45) is 0 Å². The van der Waals surface area contributed by atoms with Crippen LogP contribution in [-0.4, -0.2) is 27.2 Å². The molecule has 0 heterocycles. The van der Waals surface area contributed by atoms with Crippen LogP contribution in [0.3, 0.4) is 0 Å². The van der Waals surface area contributed by atoms with Crippen LogP contribution in [0.4, 0.5) is 0 Å². The van der Waals surface area contributed by atoms with Gasteiger partial charge in [0.25, 0.3) is 0 Å². The van der Waals surface area contributed by atoms with Gasteiger partial charge in [0, 0.05) is 6.04 Å². The van der Waals surface area contributed by atoms with Crippen LogP contribution in [0.15, 0.2) is 59.5 Å². The maximum Gasteiger partial charge on any atom is 0.240 e. The van der Waals surface area contributed by atoms with Crippen molar-refractivity contribution in [3.05, 3.63) is 65.7 Å². The van der Waals surface area contributed by atoms with Crippen LogP contribution < -0.4 is 10.0 Å². The lowest BCUT2D eigenvalue weighted by Crippen LogP contribution is -2.27. The monoisotopic (exact) mass is 334 g/mol. The summed E-state index contributed by atoms with van der Waals surface area (Å²) in [6, 6.07) is 16.1. The minimum atomic E-state index is -3.47. The van der Waals surface area contributed by atoms with E-state index >= 15 is 0 Å². The van der Waals surface area contributed by atoms with E-state index in [0.717, 1.165) is 11.1 Å². The number of rotatable bonds is 7. The molecule has 0 fully saturated rings. The van der Waals surface area contributed by atoms with E-state index in [1.165, 1.54) is 7.05 Å². The summed E-state index contributed by atoms with van der Waals surface area (Å²) in [7, 11) is -2.08. The van der Waals surface area contributed by atoms with Gasteiger partial charge in [-0.05, 0) is 37.2 Å². The number of benzene rings is 2. The Morgan fingerprint density at radius 3 is 2.30 bits per heavy atom. The van der Waals surface area contributed by atoms with Gasteiger partial charge >= 0.3 is 0 Å². The molecule has 0 amide bonds. The summed E-state index contributed by atoms with van der Waals surface area (Å²) in [5, 5.41) is 13.0. The van der Waals surface area contributed by atoms with Crippen LogP contribution in [0.2, 0.25) is 0 Å². The first-order valence-electron chi connectivity index (χ1n) is 7.43. The van der Waals surface area contributed by atoms with Gasteiger partial charge in [-0.1, -0.05) is 42.5 Å². The summed E-state index contributed by atoms with van der Waals surface area (Å²) in [6.45, 7) is 1.90. The van der Waals surface area contributed by atoms with E-state index in [1.54, 1.807) is 18.2 Å². The van der Waals surface area contributed by atoms with E-state index in [-0.39, 0.29) is 23.6 Å². The maximum atomic E-state index is 11.9. The molecule has 0 bridgehead atoms. The molecular weight excluding hydrogens is 312 g/mol. The zero-order chi connectivity index (χ0) is 16.9. The average molecular weight is 334 g/mol. The zero-order valence-corrected chi connectivity index (χ0v) is 14.0. The lowest BCUT2D eigenvalue weighted by atomic mass is 10.0. The largest absolute Gasteiger partial charge is 0.394 e. The van der Waals surface area contributed by atoms with Crippen LogP contribution in [0.25, 0.3) is 0 Å². The average Bonchev–Trinajstić information content (AvgIpc) is 2.60. The van der Waals surface area contributed by atoms with Crippen LogP contribution in [-0.2, 0) is 10.0 Å². The summed E-state index contributed by atoms with van der Waals surface area (Å²) in [5.41, 5.74) is 1.83. The Bertz CT molecular complexity index is 733. The highest BCUT2D eigenvalue weighted by Crippen LogP contribution is 2.21. The fourth-order valence-electron chi connectivity index (χ4n) is 2.41. The predicted octanol–water partition coefficient (Wildman–Crippen LogP) is 1.98. The smallest absolute Gasteiger partial charge is 0.240 e. The van der Waals surface area contributed by atoms with Crippen molar-refractivity contribution < 1.29 is 13.5 Å². The van der Waals surface area contributed by atoms with Crippen LogP contribution in [0, 0.1) is 0 Å². The van der Waals surface area contributed by atoms with E-state index < -0.39 is 10.0 Å². The third kappa shape index (κ3) is 4.39. The molecule has 2 atom stereocenters. The molecule has 23 heavy (non-hydrogen) atoms. The quantitative estimate of drug-likeness (QED) is 0.723. The van der Waals surface area contributed by atoms with Crippen molar-refractivity contribution in [3.8, 4) is 0 Å². The van der Waals surface area contributed by atoms with Gasteiger partial charge in [0.15, 0.2) is 0 Å². The van der Waals surface area contributed by atoms with Crippen LogP contribution in [0.5, 0.6) is 0 Å². The second-order valence-electron chi connectivity index (χ2n) is 5.31. The summed E-state index contributed by atoms with van der Waals surface area (Å²) in [4.78, 5) is 0.228. The Hall–Kier alpha value is -1.73. The molecule has 2 unspecified atom stereocenters. The Labute approximate surface area is 137 Å². The maximum absolute atomic E-state index is 11.9. The van der Waals surface area contributed by atoms with Gasteiger partial charge in [-0.2, -0.15) is 0 Å². The van der Waals surface area contributed by atoms with Gasteiger partial charge in [-0.3, -0.25) is 0 Å². The first-order valence-corrected chi connectivity index (χ1v) is 8.91. The third-order valence-electron chi connectivity index (χ3n) is 3.77. The molecule has 0 aliphatic carbocycles. The van der Waals surface area contributed by atoms with Crippen LogP contribution >= 0.6 is 0 Å². The highest BCUT2D eigenvalue weighted by Gasteiger charge is 2.17. The molecule has 2 aromatic rings. The number of hydrogen-bond donors (Lipinski definition) is 3. The van der Waals surface area contributed by atoms with Gasteiger partial charge in [0.2, 0.25) is 10.0 Å². The summed E-state index contributed by atoms with van der Waals surface area (Å²) in [6.07, 6.45) is 0. The van der Waals surface area contributed by atoms with Gasteiger partial charge in [-0.15, -0.1) is 0 Å². The molecule has 0 saturated carbocycles. The Morgan fingerprint density at radius 2 is 1.70 bits per heavy atom. The Morgan fingerprint density at radius 1 is 1.04 bits per heavy atom. The molecule has 0 spiro atoms. The SMILES string of the molecule is CNS(=O)(=O)c1cccc(C(C)NC(CO)c2ccccc2)c1. The van der Waals surface area contributed by atoms with Gasteiger partial charge < -0.3 is 10.4 Å². The molecule has 0 radical (unpaired) electrons. The molecule has 0 aromatic heterocycles. The standard InChI is InChI=1S/C17H22N2O3S/c1-13(19-17(12-20)14-7-4-3-5-8-14)15-9-6-10-16(11-15)23(21,22)18-2/h3-11,13,17-20H,12H2,1-2H3. The predicted molar refractivity (Wildman–Crippen MR) is 90.5 cm³/mol. The fourth-order valence-corrected chi connectivity index (χ4v) is 3.19. The van der Waals surface area contributed by atoms with Crippen molar-refractivity contribution in [2.75, 3.05) is 13.7 Å². The van der Waals surface area contributed by atoms with E-state index in [9.17, 15) is 13.5 Å². The summed E-state index contributed by atoms with van der Waals surface area (Å²) >= 11 is 0. The molecule has 2 aromatic carbocycles. The Balaban J connectivity index is 2.20. The number of aliphatic hydroxyl groups is 1. The van der Waals surface area contributed by atoms with Gasteiger partial charge in [0.1, 0.15) is 0 Å². The van der Waals surface area contributed by atoms with Crippen molar-refractivity contribution >= 4 is 10.0 Å². The van der Waals surface area contributed by atoms with Crippen molar-refractivity contribution in [3.63, 3.8) is 0 Å². The second kappa shape index (κ2) is 7.70. The molecule has 124 valence electrons. The van der Waals surface area contributed by atoms with Crippen molar-refractivity contribution in [1.29, 1.82) is 0 Å². The van der Waals surface area contributed by atoms with E-state index in [4.69, 9.17) is 0 Å². The number of hydrogen-bond acceptors (Lipinski definition) is 4. The molecule has 0 saturated heterocycles. The van der Waals surface area contributed by atoms with E-state index in [1.807, 2.05) is 43.3 Å². The Kier molecular flexibility index (Phi) is 5.90. The van der Waals surface area contributed by atoms with Crippen molar-refractivity contribution in [1.82, 2.24) is 10.0 Å². The normalized spacial score (nSPS) is 14.4. The molecule has 3 N–H and O–H groups in total. The minimum absolute atomic E-state index is 0.0388. The number of sulfonamides is 1. The van der Waals surface area contributed by atoms with E-state index in [0.29, 0.717) is 0 Å². The highest BCUT2D eigenvalue weighted by atomic mass is 32.2. The third-order valence-corrected chi connectivity index (χ3v) is 5.18. The lowest BCUT2D eigenvalue weighted by molar-refractivity contribution is 0.235. The van der Waals surface area contributed by atoms with Gasteiger partial charge in [0.05, 0.1) is 17.5 Å². The first-order chi connectivity index (χ1) is 11.0. The summed E-state index contributed by atoms with van der Waals surface area (Å²) < 4.78 is 26.1. The molecule has 2 rings (SSSR count). The highest BCUT2D eigenvalue weighted by molar-refractivity contribution is 7.89. The molecule has 0 aliphatic rings. The second-order valence-corrected chi connectivity index (χ2v) is 7.20. The molecular formula is C17H22N2O3S. The van der Waals surface area contributed by atoms with E-state index in [2.05, 4.69) is 10.0 Å². The molecule has 5 nitrogen and oxygen atoms in total. The van der Waals surface area contributed by atoms with Crippen molar-refractivity contribution in [2.45, 2.75) is 23.9 Å². The zero-order valence-electron chi connectivity index (χ0n) is 13.2. The number of nitrogens with one attached hydrogen (secondary N) is 2. The molecule has 6 heteroatoms. The first kappa shape index (κ1) is 17.6. The minimum Gasteiger partial charge on any atom is -0.394 e. The lowest BCUT2D eigenvalue weighted by Gasteiger charge is -2.23. The fraction of sp³-hybridized carbons (Fsp3) is 0.294.